The summed E-state index contributed by atoms with van der Waals surface area (Å²) in [6.07, 6.45) is 0.519. The Balaban J connectivity index is 1.35. The first-order valence-corrected chi connectivity index (χ1v) is 15.4. The third-order valence-electron chi connectivity index (χ3n) is 8.25. The Kier molecular flexibility index (Phi) is 7.85. The highest BCUT2D eigenvalue weighted by Crippen LogP contribution is 2.33. The van der Waals surface area contributed by atoms with E-state index in [2.05, 4.69) is 22.8 Å². The van der Waals surface area contributed by atoms with Crippen LogP contribution in [0.2, 0.25) is 5.02 Å². The highest BCUT2D eigenvalue weighted by molar-refractivity contribution is 6.31. The third-order valence-corrected chi connectivity index (χ3v) is 8.48. The fourth-order valence-corrected chi connectivity index (χ4v) is 6.30. The van der Waals surface area contributed by atoms with Crippen LogP contribution in [-0.4, -0.2) is 19.9 Å². The van der Waals surface area contributed by atoms with Crippen LogP contribution in [0, 0.1) is 0 Å². The van der Waals surface area contributed by atoms with Crippen LogP contribution in [0.15, 0.2) is 138 Å². The molecule has 2 heterocycles. The van der Waals surface area contributed by atoms with Crippen LogP contribution in [0.3, 0.4) is 0 Å². The summed E-state index contributed by atoms with van der Waals surface area (Å²) in [6.45, 7) is 0.971. The summed E-state index contributed by atoms with van der Waals surface area (Å²) in [5.74, 6) is 0.587. The molecule has 0 fully saturated rings. The van der Waals surface area contributed by atoms with Gasteiger partial charge in [-0.25, -0.2) is 4.98 Å². The van der Waals surface area contributed by atoms with E-state index in [4.69, 9.17) is 16.6 Å². The molecule has 7 aromatic rings. The third kappa shape index (κ3) is 5.70. The number of fused-ring (bicyclic) bond motifs is 2. The lowest BCUT2D eigenvalue weighted by Gasteiger charge is -2.18. The normalized spacial score (nSPS) is 11.3. The zero-order valence-electron chi connectivity index (χ0n) is 24.6. The summed E-state index contributed by atoms with van der Waals surface area (Å²) >= 11 is 6.54. The maximum Gasteiger partial charge on any atom is 0.262 e. The smallest absolute Gasteiger partial charge is 0.262 e. The van der Waals surface area contributed by atoms with Crippen molar-refractivity contribution in [1.29, 1.82) is 0 Å². The van der Waals surface area contributed by atoms with E-state index in [0.29, 0.717) is 30.1 Å². The molecule has 0 amide bonds. The summed E-state index contributed by atoms with van der Waals surface area (Å²) in [6, 6.07) is 43.2. The van der Waals surface area contributed by atoms with Gasteiger partial charge in [-0.2, -0.15) is 0 Å². The van der Waals surface area contributed by atoms with Crippen LogP contribution >= 0.6 is 11.6 Å². The van der Waals surface area contributed by atoms with Crippen molar-refractivity contribution in [2.75, 3.05) is 0 Å². The van der Waals surface area contributed by atoms with Gasteiger partial charge in [-0.15, -0.1) is 0 Å². The Labute approximate surface area is 266 Å². The second kappa shape index (κ2) is 12.4. The number of imidazole rings is 1. The Hall–Kier alpha value is -5.26. The molecule has 5 nitrogen and oxygen atoms in total. The van der Waals surface area contributed by atoms with Crippen molar-refractivity contribution < 1.29 is 4.79 Å². The zero-order valence-corrected chi connectivity index (χ0v) is 25.3. The number of halogens is 1. The summed E-state index contributed by atoms with van der Waals surface area (Å²) in [7, 11) is 0. The van der Waals surface area contributed by atoms with Gasteiger partial charge in [0.2, 0.25) is 0 Å². The number of carbonyl (C=O) groups is 1. The van der Waals surface area contributed by atoms with Gasteiger partial charge >= 0.3 is 0 Å². The lowest BCUT2D eigenvalue weighted by Crippen LogP contribution is -2.29. The number of aromatic nitrogens is 3. The number of aryl methyl sites for hydroxylation is 1. The van der Waals surface area contributed by atoms with Crippen LogP contribution in [0.5, 0.6) is 0 Å². The number of nitrogens with zero attached hydrogens (tertiary/aromatic N) is 3. The Bertz CT molecular complexity index is 2210. The first kappa shape index (κ1) is 28.5. The van der Waals surface area contributed by atoms with E-state index in [1.54, 1.807) is 10.6 Å². The first-order chi connectivity index (χ1) is 22.1. The van der Waals surface area contributed by atoms with E-state index >= 15 is 0 Å². The SMILES string of the molecule is O=C(CCc1nc2ccccc2n1Cc1ccccc1)c1c(-c2ccccc2)c2cc(Cl)ccc2n(Cc2ccccc2)c1=O. The summed E-state index contributed by atoms with van der Waals surface area (Å²) < 4.78 is 3.87. The van der Waals surface area contributed by atoms with Gasteiger partial charge in [0.15, 0.2) is 5.78 Å². The lowest BCUT2D eigenvalue weighted by atomic mass is 9.92. The van der Waals surface area contributed by atoms with Crippen LogP contribution in [0.25, 0.3) is 33.1 Å². The van der Waals surface area contributed by atoms with Gasteiger partial charge in [-0.3, -0.25) is 9.59 Å². The van der Waals surface area contributed by atoms with Gasteiger partial charge in [0.05, 0.1) is 28.7 Å². The molecule has 0 spiro atoms. The zero-order chi connectivity index (χ0) is 30.8. The molecule has 6 heteroatoms. The highest BCUT2D eigenvalue weighted by atomic mass is 35.5. The number of Topliss-reactive ketones (excluding diaryl/α,β-unsaturated/α-hetero) is 1. The lowest BCUT2D eigenvalue weighted by molar-refractivity contribution is 0.0980. The molecular weight excluding hydrogens is 578 g/mol. The molecule has 2 aromatic heterocycles. The van der Waals surface area contributed by atoms with Crippen LogP contribution in [0.1, 0.15) is 33.7 Å². The molecular formula is C39H30ClN3O2. The topological polar surface area (TPSA) is 56.9 Å². The maximum atomic E-state index is 14.5. The number of pyridine rings is 1. The largest absolute Gasteiger partial charge is 0.323 e. The minimum Gasteiger partial charge on any atom is -0.323 e. The van der Waals surface area contributed by atoms with Crippen molar-refractivity contribution in [2.45, 2.75) is 25.9 Å². The van der Waals surface area contributed by atoms with E-state index in [9.17, 15) is 9.59 Å². The average molecular weight is 608 g/mol. The first-order valence-electron chi connectivity index (χ1n) is 15.0. The monoisotopic (exact) mass is 607 g/mol. The van der Waals surface area contributed by atoms with Gasteiger partial charge < -0.3 is 9.13 Å². The number of benzene rings is 5. The molecule has 0 unspecified atom stereocenters. The number of hydrogen-bond donors (Lipinski definition) is 0. The molecule has 5 aromatic carbocycles. The number of hydrogen-bond acceptors (Lipinski definition) is 3. The number of ketones is 1. The predicted octanol–water partition coefficient (Wildman–Crippen LogP) is 8.58. The van der Waals surface area contributed by atoms with Crippen molar-refractivity contribution in [3.63, 3.8) is 0 Å². The van der Waals surface area contributed by atoms with Gasteiger partial charge in [-0.1, -0.05) is 115 Å². The summed E-state index contributed by atoms with van der Waals surface area (Å²) in [5.41, 5.74) is 6.02. The van der Waals surface area contributed by atoms with Crippen LogP contribution < -0.4 is 5.56 Å². The second-order valence-corrected chi connectivity index (χ2v) is 11.6. The Morgan fingerprint density at radius 3 is 1.96 bits per heavy atom. The molecule has 220 valence electrons. The van der Waals surface area contributed by atoms with Gasteiger partial charge in [0.25, 0.3) is 5.56 Å². The fourth-order valence-electron chi connectivity index (χ4n) is 6.13. The minimum absolute atomic E-state index is 0.130. The molecule has 7 rings (SSSR count). The quantitative estimate of drug-likeness (QED) is 0.154. The maximum absolute atomic E-state index is 14.5. The molecule has 45 heavy (non-hydrogen) atoms. The van der Waals surface area contributed by atoms with Crippen LogP contribution in [0.4, 0.5) is 0 Å². The number of rotatable bonds is 9. The van der Waals surface area contributed by atoms with E-state index < -0.39 is 0 Å². The Morgan fingerprint density at radius 1 is 0.667 bits per heavy atom. The molecule has 0 radical (unpaired) electrons. The fraction of sp³-hybridized carbons (Fsp3) is 0.103. The summed E-state index contributed by atoms with van der Waals surface area (Å²) in [4.78, 5) is 33.7. The van der Waals surface area contributed by atoms with E-state index in [1.807, 2.05) is 109 Å². The molecule has 0 atom stereocenters. The van der Waals surface area contributed by atoms with Gasteiger partial charge in [-0.05, 0) is 47.0 Å². The predicted molar refractivity (Wildman–Crippen MR) is 182 cm³/mol. The van der Waals surface area contributed by atoms with Crippen molar-refractivity contribution >= 4 is 39.3 Å². The van der Waals surface area contributed by atoms with E-state index in [1.165, 1.54) is 0 Å². The van der Waals surface area contributed by atoms with Crippen molar-refractivity contribution in [3.05, 3.63) is 171 Å². The van der Waals surface area contributed by atoms with E-state index in [-0.39, 0.29) is 23.3 Å². The molecule has 0 N–H and O–H groups in total. The average Bonchev–Trinajstić information content (AvgIpc) is 3.42. The van der Waals surface area contributed by atoms with Crippen LogP contribution in [-0.2, 0) is 19.5 Å². The minimum atomic E-state index is -0.310. The Morgan fingerprint density at radius 2 is 1.27 bits per heavy atom. The van der Waals surface area contributed by atoms with Gasteiger partial charge in [0, 0.05) is 35.4 Å². The van der Waals surface area contributed by atoms with Gasteiger partial charge in [0.1, 0.15) is 5.82 Å². The van der Waals surface area contributed by atoms with E-state index in [0.717, 1.165) is 44.5 Å². The van der Waals surface area contributed by atoms with Crippen molar-refractivity contribution in [2.24, 2.45) is 0 Å². The van der Waals surface area contributed by atoms with Crippen molar-refractivity contribution in [1.82, 2.24) is 14.1 Å². The number of para-hydroxylation sites is 2. The number of carbonyl (C=O) groups excluding carboxylic acids is 1. The second-order valence-electron chi connectivity index (χ2n) is 11.2. The standard InChI is InChI=1S/C39H30ClN3O2/c40-30-20-21-33-31(24-30)37(29-16-8-3-9-17-29)38(39(45)43(33)26-28-14-6-2-7-15-28)35(44)22-23-36-41-32-18-10-11-19-34(32)42(36)25-27-12-4-1-5-13-27/h1-21,24H,22-23,25-26H2. The molecule has 0 bridgehead atoms. The highest BCUT2D eigenvalue weighted by Gasteiger charge is 2.24. The van der Waals surface area contributed by atoms with Crippen molar-refractivity contribution in [3.8, 4) is 11.1 Å². The summed E-state index contributed by atoms with van der Waals surface area (Å²) in [5, 5.41) is 1.31. The molecule has 0 aliphatic carbocycles. The molecule has 0 saturated carbocycles. The molecule has 0 aliphatic heterocycles. The molecule has 0 aliphatic rings. The molecule has 0 saturated heterocycles.